The highest BCUT2D eigenvalue weighted by Gasteiger charge is 2.21. The van der Waals surface area contributed by atoms with Gasteiger partial charge < -0.3 is 15.0 Å². The van der Waals surface area contributed by atoms with Gasteiger partial charge in [0.2, 0.25) is 5.91 Å². The number of nitrogens with one attached hydrogen (secondary N) is 1. The highest BCUT2D eigenvalue weighted by atomic mass is 16.5. The predicted molar refractivity (Wildman–Crippen MR) is 91.5 cm³/mol. The van der Waals surface area contributed by atoms with Crippen LogP contribution in [0.4, 0.5) is 5.69 Å². The molecule has 0 aromatic carbocycles. The lowest BCUT2D eigenvalue weighted by Gasteiger charge is -2.34. The number of carbonyl (C=O) groups is 1. The number of amides is 1. The maximum absolute atomic E-state index is 11.8. The van der Waals surface area contributed by atoms with Crippen LogP contribution in [0.5, 0.6) is 0 Å². The zero-order chi connectivity index (χ0) is 18.4. The van der Waals surface area contributed by atoms with E-state index in [4.69, 9.17) is 4.74 Å². The third kappa shape index (κ3) is 4.85. The first-order valence-corrected chi connectivity index (χ1v) is 8.49. The molecule has 3 rings (SSSR count). The van der Waals surface area contributed by atoms with Crippen molar-refractivity contribution >= 4 is 11.6 Å². The summed E-state index contributed by atoms with van der Waals surface area (Å²) in [6.07, 6.45) is 4.17. The topological polar surface area (TPSA) is 120 Å². The Morgan fingerprint density at radius 1 is 1.46 bits per heavy atom. The van der Waals surface area contributed by atoms with Crippen LogP contribution < -0.4 is 15.8 Å². The van der Waals surface area contributed by atoms with E-state index < -0.39 is 0 Å². The summed E-state index contributed by atoms with van der Waals surface area (Å²) >= 11 is 0. The van der Waals surface area contributed by atoms with Gasteiger partial charge in [-0.05, 0) is 16.8 Å². The SMILES string of the molecule is Cn1ncc(N2CCO[C@H](CCNC(=O)CCn3cnnn3)C2)cc1=O. The van der Waals surface area contributed by atoms with E-state index in [1.165, 1.54) is 15.7 Å². The van der Waals surface area contributed by atoms with E-state index in [0.29, 0.717) is 45.6 Å². The van der Waals surface area contributed by atoms with Crippen molar-refractivity contribution in [1.82, 2.24) is 35.3 Å². The fourth-order valence-electron chi connectivity index (χ4n) is 2.72. The van der Waals surface area contributed by atoms with Crippen molar-refractivity contribution in [1.29, 1.82) is 0 Å². The smallest absolute Gasteiger partial charge is 0.268 e. The molecule has 0 saturated carbocycles. The number of carbonyl (C=O) groups excluding carboxylic acids is 1. The molecule has 2 aromatic heterocycles. The molecule has 3 heterocycles. The van der Waals surface area contributed by atoms with E-state index in [0.717, 1.165) is 5.69 Å². The van der Waals surface area contributed by atoms with Gasteiger partial charge in [-0.1, -0.05) is 0 Å². The Morgan fingerprint density at radius 2 is 2.35 bits per heavy atom. The number of tetrazole rings is 1. The van der Waals surface area contributed by atoms with E-state index in [1.807, 2.05) is 0 Å². The summed E-state index contributed by atoms with van der Waals surface area (Å²) in [5, 5.41) is 17.7. The summed E-state index contributed by atoms with van der Waals surface area (Å²) in [7, 11) is 1.62. The van der Waals surface area contributed by atoms with Gasteiger partial charge in [-0.3, -0.25) is 9.59 Å². The molecule has 1 aliphatic heterocycles. The first-order chi connectivity index (χ1) is 12.6. The molecule has 11 heteroatoms. The molecule has 0 radical (unpaired) electrons. The van der Waals surface area contributed by atoms with Crippen LogP contribution in [0.25, 0.3) is 0 Å². The van der Waals surface area contributed by atoms with Crippen molar-refractivity contribution < 1.29 is 9.53 Å². The summed E-state index contributed by atoms with van der Waals surface area (Å²) in [5.74, 6) is -0.0519. The molecule has 0 bridgehead atoms. The molecule has 11 nitrogen and oxygen atoms in total. The molecule has 1 fully saturated rings. The molecule has 140 valence electrons. The monoisotopic (exact) mass is 362 g/mol. The van der Waals surface area contributed by atoms with Gasteiger partial charge in [-0.15, -0.1) is 5.10 Å². The lowest BCUT2D eigenvalue weighted by molar-refractivity contribution is -0.121. The van der Waals surface area contributed by atoms with Gasteiger partial charge in [0.1, 0.15) is 6.33 Å². The van der Waals surface area contributed by atoms with E-state index >= 15 is 0 Å². The normalized spacial score (nSPS) is 17.3. The van der Waals surface area contributed by atoms with Crippen molar-refractivity contribution in [3.05, 3.63) is 28.9 Å². The van der Waals surface area contributed by atoms with Gasteiger partial charge in [0, 0.05) is 39.2 Å². The zero-order valence-corrected chi connectivity index (χ0v) is 14.6. The van der Waals surface area contributed by atoms with Crippen LogP contribution in [0.15, 0.2) is 23.4 Å². The number of anilines is 1. The van der Waals surface area contributed by atoms with Crippen LogP contribution in [-0.2, 0) is 23.1 Å². The summed E-state index contributed by atoms with van der Waals surface area (Å²) in [4.78, 5) is 25.7. The van der Waals surface area contributed by atoms with Gasteiger partial charge >= 0.3 is 0 Å². The van der Waals surface area contributed by atoms with Crippen molar-refractivity contribution in [2.75, 3.05) is 31.1 Å². The van der Waals surface area contributed by atoms with Crippen LogP contribution in [0.2, 0.25) is 0 Å². The number of ether oxygens (including phenoxy) is 1. The Morgan fingerprint density at radius 3 is 3.12 bits per heavy atom. The maximum Gasteiger partial charge on any atom is 0.268 e. The number of nitrogens with zero attached hydrogens (tertiary/aromatic N) is 7. The lowest BCUT2D eigenvalue weighted by atomic mass is 10.2. The molecule has 2 aromatic rings. The molecular weight excluding hydrogens is 340 g/mol. The molecule has 0 aliphatic carbocycles. The second-order valence-corrected chi connectivity index (χ2v) is 6.08. The zero-order valence-electron chi connectivity index (χ0n) is 14.6. The van der Waals surface area contributed by atoms with Gasteiger partial charge in [0.15, 0.2) is 0 Å². The van der Waals surface area contributed by atoms with E-state index in [1.54, 1.807) is 19.3 Å². The molecule has 1 amide bonds. The first-order valence-electron chi connectivity index (χ1n) is 8.49. The number of aryl methyl sites for hydroxylation is 2. The third-order valence-electron chi connectivity index (χ3n) is 4.21. The summed E-state index contributed by atoms with van der Waals surface area (Å²) in [6, 6.07) is 1.58. The van der Waals surface area contributed by atoms with Crippen molar-refractivity contribution in [2.45, 2.75) is 25.5 Å². The molecule has 0 spiro atoms. The van der Waals surface area contributed by atoms with E-state index in [2.05, 4.69) is 30.8 Å². The largest absolute Gasteiger partial charge is 0.374 e. The number of morpholine rings is 1. The Bertz CT molecular complexity index is 775. The van der Waals surface area contributed by atoms with Crippen molar-refractivity contribution in [3.8, 4) is 0 Å². The second-order valence-electron chi connectivity index (χ2n) is 6.08. The lowest BCUT2D eigenvalue weighted by Crippen LogP contribution is -2.44. The summed E-state index contributed by atoms with van der Waals surface area (Å²) in [6.45, 7) is 2.93. The fraction of sp³-hybridized carbons (Fsp3) is 0.600. The average molecular weight is 362 g/mol. The first kappa shape index (κ1) is 18.0. The number of rotatable bonds is 7. The molecule has 0 unspecified atom stereocenters. The minimum Gasteiger partial charge on any atom is -0.374 e. The van der Waals surface area contributed by atoms with Gasteiger partial charge in [0.05, 0.1) is 31.1 Å². The highest BCUT2D eigenvalue weighted by molar-refractivity contribution is 5.75. The molecular formula is C15H22N8O3. The Labute approximate surface area is 149 Å². The molecule has 1 atom stereocenters. The van der Waals surface area contributed by atoms with Crippen LogP contribution in [-0.4, -0.2) is 68.2 Å². The van der Waals surface area contributed by atoms with Crippen LogP contribution >= 0.6 is 0 Å². The Balaban J connectivity index is 1.41. The average Bonchev–Trinajstić information content (AvgIpc) is 3.16. The minimum atomic E-state index is -0.139. The number of aromatic nitrogens is 6. The van der Waals surface area contributed by atoms with Crippen molar-refractivity contribution in [2.24, 2.45) is 7.05 Å². The predicted octanol–water partition coefficient (Wildman–Crippen LogP) is -1.43. The number of hydrogen-bond acceptors (Lipinski definition) is 8. The molecule has 1 N–H and O–H groups in total. The second kappa shape index (κ2) is 8.52. The standard InChI is InChI=1S/C15H22N8O3/c1-21-15(25)8-12(9-18-21)22-6-7-26-13(10-22)2-4-16-14(24)3-5-23-11-17-19-20-23/h8-9,11,13H,2-7,10H2,1H3,(H,16,24)/t13-/m1/s1. The molecule has 1 saturated heterocycles. The van der Waals surface area contributed by atoms with E-state index in [-0.39, 0.29) is 17.6 Å². The summed E-state index contributed by atoms with van der Waals surface area (Å²) < 4.78 is 8.57. The maximum atomic E-state index is 11.8. The van der Waals surface area contributed by atoms with Crippen molar-refractivity contribution in [3.63, 3.8) is 0 Å². The minimum absolute atomic E-state index is 0.00683. The van der Waals surface area contributed by atoms with Gasteiger partial charge in [0.25, 0.3) is 5.56 Å². The summed E-state index contributed by atoms with van der Waals surface area (Å²) in [5.41, 5.74) is 0.660. The Kier molecular flexibility index (Phi) is 5.89. The molecule has 26 heavy (non-hydrogen) atoms. The Hall–Kier alpha value is -2.82. The van der Waals surface area contributed by atoms with Gasteiger partial charge in [-0.2, -0.15) is 5.10 Å². The fourth-order valence-corrected chi connectivity index (χ4v) is 2.72. The van der Waals surface area contributed by atoms with Gasteiger partial charge in [-0.25, -0.2) is 9.36 Å². The third-order valence-corrected chi connectivity index (χ3v) is 4.21. The molecule has 1 aliphatic rings. The van der Waals surface area contributed by atoms with Crippen LogP contribution in [0, 0.1) is 0 Å². The highest BCUT2D eigenvalue weighted by Crippen LogP contribution is 2.16. The quantitative estimate of drug-likeness (QED) is 0.636. The van der Waals surface area contributed by atoms with E-state index in [9.17, 15) is 9.59 Å². The van der Waals surface area contributed by atoms with Crippen LogP contribution in [0.3, 0.4) is 0 Å². The van der Waals surface area contributed by atoms with Crippen LogP contribution in [0.1, 0.15) is 12.8 Å². The number of hydrogen-bond donors (Lipinski definition) is 1.